The van der Waals surface area contributed by atoms with Gasteiger partial charge in [0.25, 0.3) is 0 Å². The first-order valence-electron chi connectivity index (χ1n) is 8.28. The van der Waals surface area contributed by atoms with Crippen LogP contribution >= 0.6 is 0 Å². The maximum atomic E-state index is 13.5. The number of rotatable bonds is 5. The molecule has 2 heterocycles. The molecule has 1 aromatic heterocycles. The summed E-state index contributed by atoms with van der Waals surface area (Å²) in [6, 6.07) is 4.96. The number of benzene rings is 1. The number of nitrogens with two attached hydrogens (primary N) is 1. The van der Waals surface area contributed by atoms with E-state index in [1.807, 2.05) is 4.90 Å². The fraction of sp³-hybridized carbons (Fsp3) is 0.353. The molecule has 2 N–H and O–H groups in total. The molecular weight excluding hydrogens is 342 g/mol. The van der Waals surface area contributed by atoms with E-state index in [0.717, 1.165) is 25.2 Å². The van der Waals surface area contributed by atoms with Gasteiger partial charge >= 0.3 is 0 Å². The molecular formula is C17H20F2N6O. The maximum absolute atomic E-state index is 13.5. The predicted octanol–water partition coefficient (Wildman–Crippen LogP) is 1.27. The van der Waals surface area contributed by atoms with Gasteiger partial charge in [0.15, 0.2) is 17.5 Å². The number of hydrogen-bond donors (Lipinski definition) is 1. The molecule has 1 saturated heterocycles. The lowest BCUT2D eigenvalue weighted by molar-refractivity contribution is 0.308. The van der Waals surface area contributed by atoms with E-state index in [-0.39, 0.29) is 18.9 Å². The van der Waals surface area contributed by atoms with Gasteiger partial charge in [-0.25, -0.2) is 23.7 Å². The number of aromatic nitrogens is 2. The van der Waals surface area contributed by atoms with E-state index < -0.39 is 11.6 Å². The van der Waals surface area contributed by atoms with Crippen LogP contribution in [0.15, 0.2) is 41.7 Å². The Hall–Kier alpha value is -2.97. The molecule has 26 heavy (non-hydrogen) atoms. The number of piperazine rings is 1. The smallest absolute Gasteiger partial charge is 0.225 e. The fourth-order valence-electron chi connectivity index (χ4n) is 2.60. The molecule has 0 saturated carbocycles. The highest BCUT2D eigenvalue weighted by Crippen LogP contribution is 2.17. The van der Waals surface area contributed by atoms with E-state index in [2.05, 4.69) is 19.9 Å². The molecule has 0 radical (unpaired) electrons. The summed E-state index contributed by atoms with van der Waals surface area (Å²) >= 11 is 0. The highest BCUT2D eigenvalue weighted by atomic mass is 19.1. The molecule has 1 aliphatic heterocycles. The second-order valence-corrected chi connectivity index (χ2v) is 5.69. The van der Waals surface area contributed by atoms with Crippen LogP contribution in [0.5, 0.6) is 5.75 Å². The zero-order valence-corrected chi connectivity index (χ0v) is 14.2. The molecule has 1 aromatic carbocycles. The SMILES string of the molecule is NC(=NCCOc1ccc(F)cc1F)N1CCN(c2ncccn2)CC1. The van der Waals surface area contributed by atoms with Crippen molar-refractivity contribution in [2.24, 2.45) is 10.7 Å². The van der Waals surface area contributed by atoms with Crippen LogP contribution in [0.3, 0.4) is 0 Å². The minimum atomic E-state index is -0.735. The van der Waals surface area contributed by atoms with E-state index >= 15 is 0 Å². The van der Waals surface area contributed by atoms with Gasteiger partial charge in [0.2, 0.25) is 5.95 Å². The van der Waals surface area contributed by atoms with E-state index in [0.29, 0.717) is 25.0 Å². The number of hydrogen-bond acceptors (Lipinski definition) is 5. The van der Waals surface area contributed by atoms with Gasteiger partial charge in [0.05, 0.1) is 6.54 Å². The summed E-state index contributed by atoms with van der Waals surface area (Å²) in [5.41, 5.74) is 6.01. The second-order valence-electron chi connectivity index (χ2n) is 5.69. The fourth-order valence-corrected chi connectivity index (χ4v) is 2.60. The first-order valence-corrected chi connectivity index (χ1v) is 8.28. The van der Waals surface area contributed by atoms with Gasteiger partial charge in [-0.05, 0) is 18.2 Å². The molecule has 1 fully saturated rings. The molecule has 138 valence electrons. The van der Waals surface area contributed by atoms with Gasteiger partial charge in [-0.1, -0.05) is 0 Å². The van der Waals surface area contributed by atoms with Gasteiger partial charge < -0.3 is 20.3 Å². The first-order chi connectivity index (χ1) is 12.6. The summed E-state index contributed by atoms with van der Waals surface area (Å²) < 4.78 is 31.5. The van der Waals surface area contributed by atoms with Crippen LogP contribution in [0, 0.1) is 11.6 Å². The molecule has 7 nitrogen and oxygen atoms in total. The lowest BCUT2D eigenvalue weighted by Gasteiger charge is -2.35. The first kappa shape index (κ1) is 17.8. The Balaban J connectivity index is 1.44. The lowest BCUT2D eigenvalue weighted by atomic mass is 10.3. The minimum absolute atomic E-state index is 0.00310. The normalized spacial score (nSPS) is 15.2. The molecule has 3 rings (SSSR count). The highest BCUT2D eigenvalue weighted by Gasteiger charge is 2.19. The van der Waals surface area contributed by atoms with Gasteiger partial charge in [-0.3, -0.25) is 0 Å². The van der Waals surface area contributed by atoms with Crippen LogP contribution in [-0.2, 0) is 0 Å². The molecule has 0 spiro atoms. The van der Waals surface area contributed by atoms with Crippen molar-refractivity contribution in [3.05, 3.63) is 48.3 Å². The van der Waals surface area contributed by atoms with E-state index in [9.17, 15) is 8.78 Å². The number of nitrogens with zero attached hydrogens (tertiary/aromatic N) is 5. The largest absolute Gasteiger partial charge is 0.489 e. The van der Waals surface area contributed by atoms with Gasteiger partial charge in [-0.2, -0.15) is 0 Å². The number of ether oxygens (including phenoxy) is 1. The summed E-state index contributed by atoms with van der Waals surface area (Å²) in [6.45, 7) is 3.35. The van der Waals surface area contributed by atoms with Crippen molar-refractivity contribution in [1.82, 2.24) is 14.9 Å². The van der Waals surface area contributed by atoms with Crippen molar-refractivity contribution in [3.8, 4) is 5.75 Å². The number of halogens is 2. The van der Waals surface area contributed by atoms with E-state index in [1.165, 1.54) is 6.07 Å². The lowest BCUT2D eigenvalue weighted by Crippen LogP contribution is -2.51. The summed E-state index contributed by atoms with van der Waals surface area (Å²) in [6.07, 6.45) is 3.43. The molecule has 0 amide bonds. The molecule has 0 aliphatic carbocycles. The summed E-state index contributed by atoms with van der Waals surface area (Å²) in [5.74, 6) is -0.255. The zero-order valence-electron chi connectivity index (χ0n) is 14.2. The number of anilines is 1. The third-order valence-corrected chi connectivity index (χ3v) is 3.96. The Morgan fingerprint density at radius 1 is 1.15 bits per heavy atom. The topological polar surface area (TPSA) is 79.9 Å². The number of guanidine groups is 1. The van der Waals surface area contributed by atoms with Crippen molar-refractivity contribution in [1.29, 1.82) is 0 Å². The molecule has 0 bridgehead atoms. The Morgan fingerprint density at radius 2 is 1.88 bits per heavy atom. The van der Waals surface area contributed by atoms with E-state index in [4.69, 9.17) is 10.5 Å². The van der Waals surface area contributed by atoms with Crippen molar-refractivity contribution in [2.75, 3.05) is 44.2 Å². The zero-order chi connectivity index (χ0) is 18.4. The van der Waals surface area contributed by atoms with Gasteiger partial charge in [0, 0.05) is 44.6 Å². The number of aliphatic imine (C=N–C) groups is 1. The quantitative estimate of drug-likeness (QED) is 0.490. The van der Waals surface area contributed by atoms with Crippen LogP contribution in [0.25, 0.3) is 0 Å². The second kappa shape index (κ2) is 8.41. The van der Waals surface area contributed by atoms with Crippen LogP contribution in [0.1, 0.15) is 0 Å². The average Bonchev–Trinajstić information content (AvgIpc) is 2.67. The molecule has 2 aromatic rings. The molecule has 0 unspecified atom stereocenters. The Kier molecular flexibility index (Phi) is 5.77. The van der Waals surface area contributed by atoms with Crippen molar-refractivity contribution in [3.63, 3.8) is 0 Å². The average molecular weight is 362 g/mol. The summed E-state index contributed by atoms with van der Waals surface area (Å²) in [7, 11) is 0. The van der Waals surface area contributed by atoms with Gasteiger partial charge in [0.1, 0.15) is 12.4 Å². The van der Waals surface area contributed by atoms with Crippen LogP contribution in [0.2, 0.25) is 0 Å². The summed E-state index contributed by atoms with van der Waals surface area (Å²) in [5, 5.41) is 0. The van der Waals surface area contributed by atoms with Crippen molar-refractivity contribution in [2.45, 2.75) is 0 Å². The Bertz CT molecular complexity index is 750. The molecule has 1 aliphatic rings. The molecule has 9 heteroatoms. The van der Waals surface area contributed by atoms with Crippen LogP contribution in [-0.4, -0.2) is 60.2 Å². The standard InChI is InChI=1S/C17H20F2N6O/c18-13-2-3-15(14(19)12-13)26-11-6-21-16(20)24-7-9-25(10-8-24)17-22-4-1-5-23-17/h1-5,12H,6-11H2,(H2,20,21). The van der Waals surface area contributed by atoms with E-state index in [1.54, 1.807) is 18.5 Å². The third kappa shape index (κ3) is 4.56. The highest BCUT2D eigenvalue weighted by molar-refractivity contribution is 5.78. The van der Waals surface area contributed by atoms with Crippen molar-refractivity contribution >= 4 is 11.9 Å². The van der Waals surface area contributed by atoms with Crippen LogP contribution < -0.4 is 15.4 Å². The summed E-state index contributed by atoms with van der Waals surface area (Å²) in [4.78, 5) is 16.8. The molecule has 0 atom stereocenters. The minimum Gasteiger partial charge on any atom is -0.489 e. The Morgan fingerprint density at radius 3 is 2.58 bits per heavy atom. The third-order valence-electron chi connectivity index (χ3n) is 3.96. The monoisotopic (exact) mass is 362 g/mol. The van der Waals surface area contributed by atoms with Crippen molar-refractivity contribution < 1.29 is 13.5 Å². The van der Waals surface area contributed by atoms with Crippen LogP contribution in [0.4, 0.5) is 14.7 Å². The Labute approximate surface area is 150 Å². The van der Waals surface area contributed by atoms with Gasteiger partial charge in [-0.15, -0.1) is 0 Å². The maximum Gasteiger partial charge on any atom is 0.225 e. The predicted molar refractivity (Wildman–Crippen MR) is 94.2 cm³/mol.